The molecule has 0 saturated carbocycles. The lowest BCUT2D eigenvalue weighted by atomic mass is 10.0. The van der Waals surface area contributed by atoms with Gasteiger partial charge in [0.05, 0.1) is 30.2 Å². The van der Waals surface area contributed by atoms with E-state index in [1.807, 2.05) is 7.05 Å². The second-order valence-electron chi connectivity index (χ2n) is 5.06. The molecule has 1 aromatic carbocycles. The zero-order valence-electron chi connectivity index (χ0n) is 11.1. The Labute approximate surface area is 107 Å². The van der Waals surface area contributed by atoms with Crippen LogP contribution in [0.5, 0.6) is 0 Å². The molecule has 18 heavy (non-hydrogen) atoms. The van der Waals surface area contributed by atoms with Crippen LogP contribution in [0.2, 0.25) is 0 Å². The summed E-state index contributed by atoms with van der Waals surface area (Å²) in [5, 5.41) is 3.32. The van der Waals surface area contributed by atoms with Crippen LogP contribution in [-0.4, -0.2) is 35.9 Å². The molecule has 2 aromatic rings. The van der Waals surface area contributed by atoms with Crippen molar-refractivity contribution in [3.63, 3.8) is 0 Å². The number of nitrogens with one attached hydrogen (secondary N) is 1. The third-order valence-corrected chi connectivity index (χ3v) is 3.85. The smallest absolute Gasteiger partial charge is 0.116 e. The summed E-state index contributed by atoms with van der Waals surface area (Å²) in [6.45, 7) is 3.62. The maximum atomic E-state index is 5.57. The molecule has 1 aliphatic heterocycles. The van der Waals surface area contributed by atoms with Gasteiger partial charge in [0.2, 0.25) is 0 Å². The molecule has 1 saturated heterocycles. The van der Waals surface area contributed by atoms with Crippen LogP contribution >= 0.6 is 0 Å². The summed E-state index contributed by atoms with van der Waals surface area (Å²) >= 11 is 0. The van der Waals surface area contributed by atoms with Gasteiger partial charge in [-0.3, -0.25) is 0 Å². The summed E-state index contributed by atoms with van der Waals surface area (Å²) in [5.41, 5.74) is 3.52. The van der Waals surface area contributed by atoms with Gasteiger partial charge < -0.3 is 14.6 Å². The Hall–Kier alpha value is -1.39. The van der Waals surface area contributed by atoms with Gasteiger partial charge in [0, 0.05) is 13.1 Å². The van der Waals surface area contributed by atoms with Crippen molar-refractivity contribution in [3.8, 4) is 0 Å². The summed E-state index contributed by atoms with van der Waals surface area (Å²) in [6.07, 6.45) is 0. The first-order chi connectivity index (χ1) is 8.70. The Morgan fingerprint density at radius 3 is 3.00 bits per heavy atom. The number of imidazole rings is 1. The summed E-state index contributed by atoms with van der Waals surface area (Å²) < 4.78 is 7.77. The molecule has 2 unspecified atom stereocenters. The highest BCUT2D eigenvalue weighted by Gasteiger charge is 2.31. The molecule has 4 nitrogen and oxygen atoms in total. The fourth-order valence-electron chi connectivity index (χ4n) is 2.75. The molecule has 3 rings (SSSR count). The molecule has 0 bridgehead atoms. The molecule has 2 atom stereocenters. The third kappa shape index (κ3) is 1.72. The Bertz CT molecular complexity index is 576. The summed E-state index contributed by atoms with van der Waals surface area (Å²) in [5.74, 6) is 1.46. The van der Waals surface area contributed by atoms with Crippen molar-refractivity contribution in [1.29, 1.82) is 0 Å². The van der Waals surface area contributed by atoms with Gasteiger partial charge in [-0.15, -0.1) is 0 Å². The van der Waals surface area contributed by atoms with Crippen molar-refractivity contribution in [2.75, 3.05) is 20.3 Å². The fraction of sp³-hybridized carbons (Fsp3) is 0.500. The average Bonchev–Trinajstić information content (AvgIpc) is 2.93. The molecule has 1 aromatic heterocycles. The first-order valence-corrected chi connectivity index (χ1v) is 6.38. The molecule has 1 aliphatic rings. The van der Waals surface area contributed by atoms with E-state index < -0.39 is 0 Å². The predicted molar refractivity (Wildman–Crippen MR) is 71.9 cm³/mol. The predicted octanol–water partition coefficient (Wildman–Crippen LogP) is 1.58. The standard InChI is InChI=1S/C14H19N3O/c1-9-4-5-13-11(6-9)16-14(17(13)3)10-7-18-8-12(10)15-2/h4-6,10,12,15H,7-8H2,1-3H3. The van der Waals surface area contributed by atoms with E-state index in [0.29, 0.717) is 12.0 Å². The number of hydrogen-bond donors (Lipinski definition) is 1. The Kier molecular flexibility index (Phi) is 2.84. The van der Waals surface area contributed by atoms with Crippen molar-refractivity contribution in [1.82, 2.24) is 14.9 Å². The lowest BCUT2D eigenvalue weighted by Gasteiger charge is -2.16. The monoisotopic (exact) mass is 245 g/mol. The number of hydrogen-bond acceptors (Lipinski definition) is 3. The van der Waals surface area contributed by atoms with E-state index in [2.05, 4.69) is 42.1 Å². The number of rotatable bonds is 2. The van der Waals surface area contributed by atoms with Crippen molar-refractivity contribution in [2.24, 2.45) is 7.05 Å². The van der Waals surface area contributed by atoms with E-state index in [1.54, 1.807) is 0 Å². The van der Waals surface area contributed by atoms with Crippen LogP contribution in [-0.2, 0) is 11.8 Å². The van der Waals surface area contributed by atoms with Crippen LogP contribution in [0.3, 0.4) is 0 Å². The number of benzene rings is 1. The maximum absolute atomic E-state index is 5.57. The first kappa shape index (κ1) is 11.7. The van der Waals surface area contributed by atoms with Gasteiger partial charge in [0.15, 0.2) is 0 Å². The molecule has 2 heterocycles. The van der Waals surface area contributed by atoms with Crippen LogP contribution in [0.25, 0.3) is 11.0 Å². The molecule has 1 N–H and O–H groups in total. The maximum Gasteiger partial charge on any atom is 0.116 e. The highest BCUT2D eigenvalue weighted by Crippen LogP contribution is 2.27. The van der Waals surface area contributed by atoms with Crippen molar-refractivity contribution < 1.29 is 4.74 Å². The largest absolute Gasteiger partial charge is 0.379 e. The molecule has 96 valence electrons. The van der Waals surface area contributed by atoms with E-state index in [-0.39, 0.29) is 0 Å². The minimum Gasteiger partial charge on any atom is -0.379 e. The highest BCUT2D eigenvalue weighted by atomic mass is 16.5. The van der Waals surface area contributed by atoms with E-state index in [0.717, 1.165) is 24.6 Å². The first-order valence-electron chi connectivity index (χ1n) is 6.38. The van der Waals surface area contributed by atoms with Crippen LogP contribution in [0.4, 0.5) is 0 Å². The van der Waals surface area contributed by atoms with Gasteiger partial charge in [-0.05, 0) is 31.7 Å². The van der Waals surface area contributed by atoms with Crippen LogP contribution in [0.15, 0.2) is 18.2 Å². The second kappa shape index (κ2) is 4.37. The molecule has 4 heteroatoms. The summed E-state index contributed by atoms with van der Waals surface area (Å²) in [7, 11) is 4.07. The van der Waals surface area contributed by atoms with Gasteiger partial charge in [0.1, 0.15) is 5.82 Å². The Morgan fingerprint density at radius 2 is 2.22 bits per heavy atom. The minimum absolute atomic E-state index is 0.340. The van der Waals surface area contributed by atoms with Gasteiger partial charge in [-0.2, -0.15) is 0 Å². The van der Waals surface area contributed by atoms with Crippen LogP contribution in [0, 0.1) is 6.92 Å². The fourth-order valence-corrected chi connectivity index (χ4v) is 2.75. The second-order valence-corrected chi connectivity index (χ2v) is 5.06. The Balaban J connectivity index is 2.09. The molecule has 1 fully saturated rings. The minimum atomic E-state index is 0.340. The molecule has 0 amide bonds. The highest BCUT2D eigenvalue weighted by molar-refractivity contribution is 5.77. The lowest BCUT2D eigenvalue weighted by molar-refractivity contribution is 0.188. The van der Waals surface area contributed by atoms with Crippen molar-refractivity contribution >= 4 is 11.0 Å². The Morgan fingerprint density at radius 1 is 1.39 bits per heavy atom. The average molecular weight is 245 g/mol. The zero-order valence-corrected chi connectivity index (χ0v) is 11.1. The number of likely N-dealkylation sites (N-methyl/N-ethyl adjacent to an activating group) is 1. The van der Waals surface area contributed by atoms with E-state index in [4.69, 9.17) is 9.72 Å². The van der Waals surface area contributed by atoms with Crippen LogP contribution < -0.4 is 5.32 Å². The van der Waals surface area contributed by atoms with Gasteiger partial charge >= 0.3 is 0 Å². The molecule has 0 aliphatic carbocycles. The third-order valence-electron chi connectivity index (χ3n) is 3.85. The van der Waals surface area contributed by atoms with E-state index in [9.17, 15) is 0 Å². The quantitative estimate of drug-likeness (QED) is 0.873. The van der Waals surface area contributed by atoms with Crippen LogP contribution in [0.1, 0.15) is 17.3 Å². The lowest BCUT2D eigenvalue weighted by Crippen LogP contribution is -2.32. The van der Waals surface area contributed by atoms with Crippen molar-refractivity contribution in [3.05, 3.63) is 29.6 Å². The molecular weight excluding hydrogens is 226 g/mol. The number of aromatic nitrogens is 2. The number of ether oxygens (including phenoxy) is 1. The number of nitrogens with zero attached hydrogens (tertiary/aromatic N) is 2. The van der Waals surface area contributed by atoms with Gasteiger partial charge in [0.25, 0.3) is 0 Å². The topological polar surface area (TPSA) is 39.1 Å². The molecule has 0 spiro atoms. The number of fused-ring (bicyclic) bond motifs is 1. The molecular formula is C14H19N3O. The molecule has 0 radical (unpaired) electrons. The van der Waals surface area contributed by atoms with E-state index in [1.165, 1.54) is 11.1 Å². The SMILES string of the molecule is CNC1COCC1c1nc2cc(C)ccc2n1C. The zero-order chi connectivity index (χ0) is 12.7. The van der Waals surface area contributed by atoms with Gasteiger partial charge in [-0.25, -0.2) is 4.98 Å². The number of aryl methyl sites for hydroxylation is 2. The summed E-state index contributed by atoms with van der Waals surface area (Å²) in [6, 6.07) is 6.78. The normalized spacial score (nSPS) is 23.9. The van der Waals surface area contributed by atoms with E-state index >= 15 is 0 Å². The summed E-state index contributed by atoms with van der Waals surface area (Å²) in [4.78, 5) is 4.80. The van der Waals surface area contributed by atoms with Crippen molar-refractivity contribution in [2.45, 2.75) is 18.9 Å². The van der Waals surface area contributed by atoms with Gasteiger partial charge in [-0.1, -0.05) is 6.07 Å².